The number of aromatic nitrogens is 1. The first-order valence-corrected chi connectivity index (χ1v) is 26.2. The molecule has 1 saturated carbocycles. The van der Waals surface area contributed by atoms with Crippen LogP contribution < -0.4 is 10.6 Å². The molecule has 1 saturated heterocycles. The number of amides is 5. The molecular formula is C50H78N6O9S2. The lowest BCUT2D eigenvalue weighted by Gasteiger charge is -2.41. The van der Waals surface area contributed by atoms with Crippen LogP contribution in [-0.4, -0.2) is 143 Å². The Morgan fingerprint density at radius 3 is 2.13 bits per heavy atom. The maximum Gasteiger partial charge on any atom is 0.410 e. The van der Waals surface area contributed by atoms with E-state index in [1.54, 1.807) is 72.6 Å². The highest BCUT2D eigenvalue weighted by molar-refractivity contribution is 8.76. The summed E-state index contributed by atoms with van der Waals surface area (Å²) in [6.07, 6.45) is 3.20. The molecule has 1 aliphatic heterocycles. The van der Waals surface area contributed by atoms with E-state index in [-0.39, 0.29) is 59.3 Å². The fourth-order valence-corrected chi connectivity index (χ4v) is 12.2. The van der Waals surface area contributed by atoms with Crippen molar-refractivity contribution < 1.29 is 43.3 Å². The summed E-state index contributed by atoms with van der Waals surface area (Å²) >= 11 is 0. The van der Waals surface area contributed by atoms with Gasteiger partial charge >= 0.3 is 6.09 Å². The van der Waals surface area contributed by atoms with E-state index in [4.69, 9.17) is 14.2 Å². The van der Waals surface area contributed by atoms with E-state index < -0.39 is 60.4 Å². The third-order valence-electron chi connectivity index (χ3n) is 13.6. The first kappa shape index (κ1) is 55.7. The zero-order valence-corrected chi connectivity index (χ0v) is 43.4. The van der Waals surface area contributed by atoms with E-state index in [0.29, 0.717) is 24.9 Å². The Balaban J connectivity index is 1.43. The first-order valence-electron chi connectivity index (χ1n) is 24.0. The summed E-state index contributed by atoms with van der Waals surface area (Å²) in [7, 11) is 9.55. The molecule has 1 aliphatic carbocycles. The molecule has 0 radical (unpaired) electrons. The molecule has 2 aliphatic rings. The Morgan fingerprint density at radius 2 is 1.54 bits per heavy atom. The quantitative estimate of drug-likeness (QED) is 0.0908. The second-order valence-electron chi connectivity index (χ2n) is 19.0. The number of aliphatic hydroxyl groups is 1. The first-order chi connectivity index (χ1) is 31.9. The highest BCUT2D eigenvalue weighted by Crippen LogP contribution is 2.42. The van der Waals surface area contributed by atoms with Crippen LogP contribution in [0.5, 0.6) is 0 Å². The summed E-state index contributed by atoms with van der Waals surface area (Å²) in [6, 6.07) is 11.5. The Labute approximate surface area is 407 Å². The largest absolute Gasteiger partial charge is 0.445 e. The minimum absolute atomic E-state index is 0.0276. The fourth-order valence-electron chi connectivity index (χ4n) is 9.55. The van der Waals surface area contributed by atoms with Gasteiger partial charge in [0.05, 0.1) is 54.0 Å². The Kier molecular flexibility index (Phi) is 22.2. The molecule has 0 bridgehead atoms. The zero-order chi connectivity index (χ0) is 49.5. The van der Waals surface area contributed by atoms with Gasteiger partial charge in [0, 0.05) is 41.1 Å². The molecule has 12 atom stereocenters. The topological polar surface area (TPSA) is 180 Å². The minimum atomic E-state index is -0.947. The van der Waals surface area contributed by atoms with Gasteiger partial charge in [-0.15, -0.1) is 0 Å². The average molecular weight is 971 g/mol. The van der Waals surface area contributed by atoms with Gasteiger partial charge in [-0.1, -0.05) is 102 Å². The van der Waals surface area contributed by atoms with Crippen molar-refractivity contribution in [3.8, 4) is 0 Å². The molecular weight excluding hydrogens is 893 g/mol. The zero-order valence-electron chi connectivity index (χ0n) is 41.8. The fraction of sp³-hybridized carbons (Fsp3) is 0.680. The molecule has 3 N–H and O–H groups in total. The maximum atomic E-state index is 14.7. The molecule has 2 fully saturated rings. The number of carbonyl (C=O) groups excluding carboxylic acids is 5. The highest BCUT2D eigenvalue weighted by Gasteiger charge is 2.44. The number of rotatable bonds is 24. The summed E-state index contributed by atoms with van der Waals surface area (Å²) in [5, 5.41) is 17.8. The Morgan fingerprint density at radius 1 is 0.851 bits per heavy atom. The molecule has 4 rings (SSSR count). The number of carbonyl (C=O) groups is 5. The second-order valence-corrected chi connectivity index (χ2v) is 21.5. The second kappa shape index (κ2) is 26.7. The van der Waals surface area contributed by atoms with Crippen LogP contribution in [0.1, 0.15) is 112 Å². The molecule has 15 nitrogen and oxygen atoms in total. The van der Waals surface area contributed by atoms with Crippen molar-refractivity contribution in [3.05, 3.63) is 60.3 Å². The van der Waals surface area contributed by atoms with Crippen LogP contribution in [-0.2, 0) is 33.4 Å². The van der Waals surface area contributed by atoms with E-state index in [0.717, 1.165) is 30.7 Å². The number of aliphatic hydroxyl groups excluding tert-OH is 1. The number of methoxy groups -OCH3 is 2. The molecule has 1 aromatic carbocycles. The predicted molar refractivity (Wildman–Crippen MR) is 264 cm³/mol. The van der Waals surface area contributed by atoms with Crippen LogP contribution in [0.2, 0.25) is 0 Å². The van der Waals surface area contributed by atoms with E-state index in [1.807, 2.05) is 90.1 Å². The molecule has 0 spiro atoms. The van der Waals surface area contributed by atoms with Gasteiger partial charge in [0.2, 0.25) is 23.6 Å². The summed E-state index contributed by atoms with van der Waals surface area (Å²) in [5.41, 5.74) is 0.695. The van der Waals surface area contributed by atoms with Gasteiger partial charge in [-0.2, -0.15) is 0 Å². The van der Waals surface area contributed by atoms with Gasteiger partial charge in [-0.3, -0.25) is 24.1 Å². The molecule has 5 amide bonds. The maximum absolute atomic E-state index is 14.7. The van der Waals surface area contributed by atoms with E-state index >= 15 is 0 Å². The minimum Gasteiger partial charge on any atom is -0.445 e. The van der Waals surface area contributed by atoms with Crippen molar-refractivity contribution in [2.75, 3.05) is 34.9 Å². The van der Waals surface area contributed by atoms with Crippen molar-refractivity contribution in [3.63, 3.8) is 0 Å². The number of nitrogens with one attached hydrogen (secondary N) is 2. The SMILES string of the molecule is CC[C@H](C)[C@@H]([C@@H](CC(=O)N1CCCC1[C@H](OC)[C@@H](C)C(=O)N[C@H](C)[C@@H](O)c1ccccc1)OC)N(C)C(=O)[C@@H](NC(=O)[C@H](C(C)C)N(C)C(=O)O[C@H]1CCC[C@@H]1SSc1ccccn1)C(C)C. The summed E-state index contributed by atoms with van der Waals surface area (Å²) in [6.45, 7) is 15.5. The van der Waals surface area contributed by atoms with Crippen molar-refractivity contribution in [1.82, 2.24) is 30.3 Å². The van der Waals surface area contributed by atoms with Gasteiger partial charge in [0.15, 0.2) is 0 Å². The molecule has 17 heteroatoms. The standard InChI is InChI=1S/C50H78N6O9S2/c1-13-32(6)44(38(63-11)29-41(57)56-28-20-23-36(56)46(64-12)33(7)47(59)52-34(8)45(58)35-21-15-14-16-22-35)54(9)49(61)42(30(2)3)53-48(60)43(31(4)5)55(10)50(62)65-37-24-19-25-39(37)66-67-40-26-17-18-27-51-40/h14-18,21-22,26-27,30-34,36-39,42-46,58H,13,19-20,23-25,28-29H2,1-12H3,(H,52,59)(H,53,60)/t32-,33+,34+,36?,37-,38+,39-,42-,43-,44-,45+,46+/m0/s1. The summed E-state index contributed by atoms with van der Waals surface area (Å²) < 4.78 is 18.1. The number of hydrogen-bond acceptors (Lipinski definition) is 12. The van der Waals surface area contributed by atoms with Crippen LogP contribution in [0.15, 0.2) is 59.8 Å². The number of ether oxygens (including phenoxy) is 3. The number of benzene rings is 1. The van der Waals surface area contributed by atoms with Crippen molar-refractivity contribution >= 4 is 51.3 Å². The van der Waals surface area contributed by atoms with Gasteiger partial charge in [-0.25, -0.2) is 9.78 Å². The third kappa shape index (κ3) is 14.8. The van der Waals surface area contributed by atoms with Gasteiger partial charge < -0.3 is 39.8 Å². The van der Waals surface area contributed by atoms with Crippen molar-refractivity contribution in [2.24, 2.45) is 23.7 Å². The van der Waals surface area contributed by atoms with Crippen LogP contribution in [0.3, 0.4) is 0 Å². The monoisotopic (exact) mass is 971 g/mol. The normalized spacial score (nSPS) is 21.4. The predicted octanol–water partition coefficient (Wildman–Crippen LogP) is 7.14. The molecule has 1 unspecified atom stereocenters. The van der Waals surface area contributed by atoms with Gasteiger partial charge in [0.1, 0.15) is 23.2 Å². The number of hydrogen-bond donors (Lipinski definition) is 3. The molecule has 374 valence electrons. The number of pyridine rings is 1. The smallest absolute Gasteiger partial charge is 0.410 e. The van der Waals surface area contributed by atoms with Crippen molar-refractivity contribution in [2.45, 2.75) is 165 Å². The summed E-state index contributed by atoms with van der Waals surface area (Å²) in [4.78, 5) is 79.7. The Hall–Kier alpha value is -3.90. The van der Waals surface area contributed by atoms with E-state index in [2.05, 4.69) is 15.6 Å². The van der Waals surface area contributed by atoms with Crippen LogP contribution in [0, 0.1) is 23.7 Å². The lowest BCUT2D eigenvalue weighted by molar-refractivity contribution is -0.148. The number of likely N-dealkylation sites (tertiary alicyclic amines) is 1. The molecule has 67 heavy (non-hydrogen) atoms. The molecule has 2 heterocycles. The molecule has 2 aromatic rings. The lowest BCUT2D eigenvalue weighted by Crippen LogP contribution is -2.60. The van der Waals surface area contributed by atoms with E-state index in [1.165, 1.54) is 12.0 Å². The van der Waals surface area contributed by atoms with Crippen LogP contribution in [0.4, 0.5) is 4.79 Å². The van der Waals surface area contributed by atoms with Crippen LogP contribution in [0.25, 0.3) is 0 Å². The van der Waals surface area contributed by atoms with Crippen molar-refractivity contribution in [1.29, 1.82) is 0 Å². The average Bonchev–Trinajstić information content (AvgIpc) is 3.99. The van der Waals surface area contributed by atoms with Crippen LogP contribution >= 0.6 is 21.6 Å². The highest BCUT2D eigenvalue weighted by atomic mass is 33.1. The van der Waals surface area contributed by atoms with E-state index in [9.17, 15) is 29.1 Å². The Bertz CT molecular complexity index is 1880. The molecule has 1 aromatic heterocycles. The van der Waals surface area contributed by atoms with Gasteiger partial charge in [0.25, 0.3) is 0 Å². The number of likely N-dealkylation sites (N-methyl/N-ethyl adjacent to an activating group) is 2. The lowest BCUT2D eigenvalue weighted by atomic mass is 9.89. The van der Waals surface area contributed by atoms with Gasteiger partial charge in [-0.05, 0) is 85.3 Å². The summed E-state index contributed by atoms with van der Waals surface area (Å²) in [5.74, 6) is -2.63. The third-order valence-corrected chi connectivity index (χ3v) is 16.5. The number of nitrogens with zero attached hydrogens (tertiary/aromatic N) is 4.